The molecule has 2 heterocycles. The summed E-state index contributed by atoms with van der Waals surface area (Å²) in [5.41, 5.74) is 0.753. The molecule has 2 aliphatic rings. The molecule has 11 heteroatoms. The van der Waals surface area contributed by atoms with Crippen LogP contribution in [0.25, 0.3) is 0 Å². The van der Waals surface area contributed by atoms with Gasteiger partial charge in [0.25, 0.3) is 5.91 Å². The van der Waals surface area contributed by atoms with Crippen LogP contribution in [0.4, 0.5) is 4.39 Å². The van der Waals surface area contributed by atoms with Gasteiger partial charge in [0.05, 0.1) is 18.7 Å². The Balaban J connectivity index is 0.000000531. The Hall–Kier alpha value is -4.09. The van der Waals surface area contributed by atoms with E-state index < -0.39 is 17.8 Å². The molecule has 226 valence electrons. The van der Waals surface area contributed by atoms with E-state index in [9.17, 15) is 23.6 Å². The van der Waals surface area contributed by atoms with Crippen molar-refractivity contribution in [3.8, 4) is 5.75 Å². The Bertz CT molecular complexity index is 1230. The number of piperazine rings is 1. The van der Waals surface area contributed by atoms with Gasteiger partial charge in [-0.2, -0.15) is 0 Å². The first kappa shape index (κ1) is 32.4. The Morgan fingerprint density at radius 2 is 1.62 bits per heavy atom. The van der Waals surface area contributed by atoms with Crippen LogP contribution in [0.2, 0.25) is 0 Å². The highest BCUT2D eigenvalue weighted by atomic mass is 19.1. The van der Waals surface area contributed by atoms with Gasteiger partial charge in [-0.05, 0) is 57.0 Å². The minimum absolute atomic E-state index is 0.00292. The predicted octanol–water partition coefficient (Wildman–Crippen LogP) is 3.43. The minimum atomic E-state index is -1.26. The monoisotopic (exact) mass is 583 g/mol. The lowest BCUT2D eigenvalue weighted by molar-refractivity contribution is -0.134. The molecule has 4 rings (SSSR count). The number of hydrogen-bond acceptors (Lipinski definition) is 7. The highest BCUT2D eigenvalue weighted by molar-refractivity contribution is 5.98. The molecule has 0 saturated carbocycles. The molecule has 2 aromatic rings. The maximum atomic E-state index is 14.6. The van der Waals surface area contributed by atoms with Crippen LogP contribution in [0.1, 0.15) is 46.9 Å². The van der Waals surface area contributed by atoms with E-state index >= 15 is 0 Å². The van der Waals surface area contributed by atoms with Crippen molar-refractivity contribution < 1.29 is 38.5 Å². The zero-order chi connectivity index (χ0) is 30.5. The van der Waals surface area contributed by atoms with Gasteiger partial charge in [0.1, 0.15) is 11.6 Å². The van der Waals surface area contributed by atoms with E-state index in [0.717, 1.165) is 19.5 Å². The van der Waals surface area contributed by atoms with Crippen molar-refractivity contribution in [3.05, 3.63) is 77.6 Å². The molecular weight excluding hydrogens is 545 g/mol. The van der Waals surface area contributed by atoms with Gasteiger partial charge in [0, 0.05) is 62.5 Å². The molecule has 0 aliphatic carbocycles. The van der Waals surface area contributed by atoms with Gasteiger partial charge in [0.2, 0.25) is 0 Å². The number of nitrogens with zero attached hydrogens (tertiary/aromatic N) is 3. The Labute approximate surface area is 245 Å². The minimum Gasteiger partial charge on any atom is -0.493 e. The Morgan fingerprint density at radius 1 is 0.952 bits per heavy atom. The molecular formula is C31H38FN3O7. The van der Waals surface area contributed by atoms with E-state index in [2.05, 4.69) is 11.8 Å². The summed E-state index contributed by atoms with van der Waals surface area (Å²) in [6, 6.07) is 14.3. The fraction of sp³-hybridized carbons (Fsp3) is 0.419. The van der Waals surface area contributed by atoms with Gasteiger partial charge in [-0.3, -0.25) is 14.5 Å². The number of carbonyl (C=O) groups excluding carboxylic acids is 2. The number of halogens is 1. The maximum Gasteiger partial charge on any atom is 0.328 e. The second kappa shape index (κ2) is 16.4. The highest BCUT2D eigenvalue weighted by Gasteiger charge is 2.24. The van der Waals surface area contributed by atoms with Gasteiger partial charge < -0.3 is 24.7 Å². The lowest BCUT2D eigenvalue weighted by Crippen LogP contribution is -2.49. The van der Waals surface area contributed by atoms with Gasteiger partial charge in [0.15, 0.2) is 5.78 Å². The molecule has 1 atom stereocenters. The van der Waals surface area contributed by atoms with Crippen LogP contribution in [0.5, 0.6) is 5.75 Å². The maximum absolute atomic E-state index is 14.6. The number of hydrogen-bond donors (Lipinski definition) is 2. The number of amides is 1. The van der Waals surface area contributed by atoms with Gasteiger partial charge in [-0.1, -0.05) is 18.2 Å². The van der Waals surface area contributed by atoms with Crippen molar-refractivity contribution in [2.45, 2.75) is 32.2 Å². The second-order valence-electron chi connectivity index (χ2n) is 10.2. The number of ketones is 1. The van der Waals surface area contributed by atoms with Crippen LogP contribution in [-0.4, -0.2) is 107 Å². The first-order valence-electron chi connectivity index (χ1n) is 14.0. The lowest BCUT2D eigenvalue weighted by atomic mass is 10.1. The molecule has 2 N–H and O–H groups in total. The SMILES string of the molecule is CC1CCCN1CCCOc1ccc(C(=O)CN2CCN(C(=O)c3ccccc3)CC2)c(F)c1.O=C(O)C=CC(=O)O. The summed E-state index contributed by atoms with van der Waals surface area (Å²) >= 11 is 0. The third-order valence-corrected chi connectivity index (χ3v) is 7.21. The van der Waals surface area contributed by atoms with Crippen molar-refractivity contribution in [1.82, 2.24) is 14.7 Å². The number of benzene rings is 2. The van der Waals surface area contributed by atoms with E-state index in [1.165, 1.54) is 25.0 Å². The van der Waals surface area contributed by atoms with Crippen molar-refractivity contribution in [2.75, 3.05) is 52.4 Å². The summed E-state index contributed by atoms with van der Waals surface area (Å²) in [4.78, 5) is 50.6. The highest BCUT2D eigenvalue weighted by Crippen LogP contribution is 2.20. The van der Waals surface area contributed by atoms with Gasteiger partial charge >= 0.3 is 11.9 Å². The second-order valence-corrected chi connectivity index (χ2v) is 10.2. The average molecular weight is 584 g/mol. The number of carboxylic acid groups (broad SMARTS) is 2. The zero-order valence-electron chi connectivity index (χ0n) is 23.8. The molecule has 0 bridgehead atoms. The predicted molar refractivity (Wildman–Crippen MR) is 154 cm³/mol. The smallest absolute Gasteiger partial charge is 0.328 e. The number of Topliss-reactive ketones (excluding diaryl/α,β-unsaturated/α-hetero) is 1. The van der Waals surface area contributed by atoms with Crippen LogP contribution in [-0.2, 0) is 9.59 Å². The Morgan fingerprint density at radius 3 is 2.19 bits per heavy atom. The number of ether oxygens (including phenoxy) is 1. The van der Waals surface area contributed by atoms with Crippen LogP contribution < -0.4 is 4.74 Å². The summed E-state index contributed by atoms with van der Waals surface area (Å²) < 4.78 is 20.3. The molecule has 42 heavy (non-hydrogen) atoms. The fourth-order valence-electron chi connectivity index (χ4n) is 4.90. The Kier molecular flexibility index (Phi) is 12.6. The number of aliphatic carboxylic acids is 2. The van der Waals surface area contributed by atoms with E-state index in [-0.39, 0.29) is 23.8 Å². The largest absolute Gasteiger partial charge is 0.493 e. The normalized spacial score (nSPS) is 17.5. The van der Waals surface area contributed by atoms with Crippen LogP contribution in [0.3, 0.4) is 0 Å². The number of likely N-dealkylation sites (tertiary alicyclic amines) is 1. The van der Waals surface area contributed by atoms with Crippen LogP contribution in [0.15, 0.2) is 60.7 Å². The molecule has 0 spiro atoms. The first-order chi connectivity index (χ1) is 20.1. The molecule has 0 radical (unpaired) electrons. The van der Waals surface area contributed by atoms with Gasteiger partial charge in [-0.15, -0.1) is 0 Å². The third kappa shape index (κ3) is 10.4. The number of carboxylic acids is 2. The molecule has 2 saturated heterocycles. The molecule has 0 aromatic heterocycles. The van der Waals surface area contributed by atoms with E-state index in [0.29, 0.717) is 62.3 Å². The average Bonchev–Trinajstić information content (AvgIpc) is 3.39. The third-order valence-electron chi connectivity index (χ3n) is 7.21. The van der Waals surface area contributed by atoms with Crippen molar-refractivity contribution in [3.63, 3.8) is 0 Å². The van der Waals surface area contributed by atoms with Crippen molar-refractivity contribution in [2.24, 2.45) is 0 Å². The summed E-state index contributed by atoms with van der Waals surface area (Å²) in [7, 11) is 0. The lowest BCUT2D eigenvalue weighted by Gasteiger charge is -2.34. The summed E-state index contributed by atoms with van der Waals surface area (Å²) in [6.45, 7) is 7.32. The molecule has 2 aromatic carbocycles. The first-order valence-corrected chi connectivity index (χ1v) is 14.0. The molecule has 1 amide bonds. The number of carbonyl (C=O) groups is 4. The van der Waals surface area contributed by atoms with E-state index in [4.69, 9.17) is 14.9 Å². The molecule has 2 fully saturated rings. The summed E-state index contributed by atoms with van der Waals surface area (Å²) in [5.74, 6) is -2.86. The van der Waals surface area contributed by atoms with Crippen molar-refractivity contribution >= 4 is 23.6 Å². The van der Waals surface area contributed by atoms with E-state index in [1.54, 1.807) is 11.0 Å². The van der Waals surface area contributed by atoms with Gasteiger partial charge in [-0.25, -0.2) is 14.0 Å². The number of rotatable bonds is 11. The molecule has 2 aliphatic heterocycles. The molecule has 10 nitrogen and oxygen atoms in total. The fourth-order valence-corrected chi connectivity index (χ4v) is 4.90. The van der Waals surface area contributed by atoms with Crippen LogP contribution in [0, 0.1) is 5.82 Å². The van der Waals surface area contributed by atoms with E-state index in [1.807, 2.05) is 35.2 Å². The standard InChI is InChI=1S/C27H34FN3O3.C4H4O4/c1-21-7-5-12-30(21)13-6-18-34-23-10-11-24(25(28)19-23)26(32)20-29-14-16-31(17-15-29)27(33)22-8-3-2-4-9-22;5-3(6)1-2-4(7)8/h2-4,8-11,19,21H,5-7,12-18,20H2,1H3;1-2H,(H,5,6)(H,7,8). The van der Waals surface area contributed by atoms with Crippen LogP contribution >= 0.6 is 0 Å². The topological polar surface area (TPSA) is 128 Å². The summed E-state index contributed by atoms with van der Waals surface area (Å²) in [5, 5.41) is 15.6. The molecule has 1 unspecified atom stereocenters. The van der Waals surface area contributed by atoms with Crippen molar-refractivity contribution in [1.29, 1.82) is 0 Å². The zero-order valence-corrected chi connectivity index (χ0v) is 23.8. The summed E-state index contributed by atoms with van der Waals surface area (Å²) in [6.07, 6.45) is 4.52. The quantitative estimate of drug-likeness (QED) is 0.232.